The number of fused-ring (bicyclic) bond motifs is 1. The molecule has 20 heavy (non-hydrogen) atoms. The molecule has 0 bridgehead atoms. The largest absolute Gasteiger partial charge is 0.489 e. The summed E-state index contributed by atoms with van der Waals surface area (Å²) in [6.07, 6.45) is -0.131. The zero-order chi connectivity index (χ0) is 14.9. The van der Waals surface area contributed by atoms with Gasteiger partial charge < -0.3 is 14.6 Å². The number of hydrogen-bond acceptors (Lipinski definition) is 4. The molecule has 1 aliphatic heterocycles. The first-order valence-electron chi connectivity index (χ1n) is 6.40. The Morgan fingerprint density at radius 3 is 2.90 bits per heavy atom. The number of benzene rings is 1. The predicted molar refractivity (Wildman–Crippen MR) is 76.3 cm³/mol. The quantitative estimate of drug-likeness (QED) is 0.869. The van der Waals surface area contributed by atoms with Crippen molar-refractivity contribution in [1.29, 1.82) is 0 Å². The van der Waals surface area contributed by atoms with E-state index in [9.17, 15) is 9.90 Å². The van der Waals surface area contributed by atoms with Crippen molar-refractivity contribution in [2.45, 2.75) is 38.4 Å². The van der Waals surface area contributed by atoms with Gasteiger partial charge in [0.2, 0.25) is 0 Å². The highest BCUT2D eigenvalue weighted by molar-refractivity contribution is 6.43. The van der Waals surface area contributed by atoms with Crippen molar-refractivity contribution in [2.24, 2.45) is 0 Å². The molecule has 2 rings (SSSR count). The number of rotatable bonds is 3. The van der Waals surface area contributed by atoms with Gasteiger partial charge in [0, 0.05) is 12.0 Å². The second-order valence-corrected chi connectivity index (χ2v) is 5.67. The standard InChI is InChI=1S/C14H16Cl2O4/c1-3-19-11(17)7-14(18)6-8(2)20-13-9(14)4-5-10(15)12(13)16/h4-5,8,18H,3,6-7H2,1-2H3/t8-,14-/m1/s1. The minimum absolute atomic E-state index is 0.139. The van der Waals surface area contributed by atoms with Crippen molar-refractivity contribution in [2.75, 3.05) is 6.61 Å². The maximum atomic E-state index is 11.7. The Hall–Kier alpha value is -0.970. The molecule has 6 heteroatoms. The van der Waals surface area contributed by atoms with E-state index < -0.39 is 11.6 Å². The lowest BCUT2D eigenvalue weighted by Gasteiger charge is -2.37. The summed E-state index contributed by atoms with van der Waals surface area (Å²) in [5.74, 6) is -0.120. The molecule has 0 spiro atoms. The Morgan fingerprint density at radius 2 is 2.25 bits per heavy atom. The van der Waals surface area contributed by atoms with Crippen LogP contribution in [-0.4, -0.2) is 23.8 Å². The summed E-state index contributed by atoms with van der Waals surface area (Å²) >= 11 is 12.1. The minimum Gasteiger partial charge on any atom is -0.489 e. The van der Waals surface area contributed by atoms with Gasteiger partial charge in [0.05, 0.1) is 24.2 Å². The molecule has 0 amide bonds. The highest BCUT2D eigenvalue weighted by atomic mass is 35.5. The van der Waals surface area contributed by atoms with Crippen LogP contribution in [0.4, 0.5) is 0 Å². The SMILES string of the molecule is CCOC(=O)C[C@]1(O)C[C@@H](C)Oc2c1ccc(Cl)c2Cl. The first kappa shape index (κ1) is 15.4. The third-order valence-electron chi connectivity index (χ3n) is 3.24. The number of hydrogen-bond donors (Lipinski definition) is 1. The van der Waals surface area contributed by atoms with E-state index in [1.807, 2.05) is 0 Å². The van der Waals surface area contributed by atoms with Crippen LogP contribution in [0.1, 0.15) is 32.3 Å². The fourth-order valence-electron chi connectivity index (χ4n) is 2.46. The molecule has 0 unspecified atom stereocenters. The molecule has 0 aliphatic carbocycles. The monoisotopic (exact) mass is 318 g/mol. The molecule has 1 N–H and O–H groups in total. The topological polar surface area (TPSA) is 55.8 Å². The molecular weight excluding hydrogens is 303 g/mol. The average Bonchev–Trinajstić information content (AvgIpc) is 2.34. The lowest BCUT2D eigenvalue weighted by atomic mass is 9.83. The van der Waals surface area contributed by atoms with E-state index in [1.54, 1.807) is 26.0 Å². The van der Waals surface area contributed by atoms with E-state index >= 15 is 0 Å². The van der Waals surface area contributed by atoms with Gasteiger partial charge in [-0.1, -0.05) is 29.3 Å². The van der Waals surface area contributed by atoms with Gasteiger partial charge >= 0.3 is 5.97 Å². The third kappa shape index (κ3) is 2.87. The number of carbonyl (C=O) groups excluding carboxylic acids is 1. The van der Waals surface area contributed by atoms with E-state index in [4.69, 9.17) is 32.7 Å². The summed E-state index contributed by atoms with van der Waals surface area (Å²) in [6, 6.07) is 3.22. The Bertz CT molecular complexity index is 532. The highest BCUT2D eigenvalue weighted by Gasteiger charge is 2.42. The molecule has 1 aromatic rings. The molecule has 1 aliphatic rings. The summed E-state index contributed by atoms with van der Waals surface area (Å²) in [4.78, 5) is 11.7. The van der Waals surface area contributed by atoms with Crippen molar-refractivity contribution in [3.63, 3.8) is 0 Å². The van der Waals surface area contributed by atoms with Crippen LogP contribution >= 0.6 is 23.2 Å². The maximum Gasteiger partial charge on any atom is 0.309 e. The molecule has 4 nitrogen and oxygen atoms in total. The van der Waals surface area contributed by atoms with E-state index in [0.29, 0.717) is 16.3 Å². The van der Waals surface area contributed by atoms with Crippen molar-refractivity contribution in [1.82, 2.24) is 0 Å². The lowest BCUT2D eigenvalue weighted by Crippen LogP contribution is -2.39. The van der Waals surface area contributed by atoms with E-state index in [1.165, 1.54) is 0 Å². The van der Waals surface area contributed by atoms with Crippen molar-refractivity contribution in [3.8, 4) is 5.75 Å². The van der Waals surface area contributed by atoms with Gasteiger partial charge in [-0.15, -0.1) is 0 Å². The van der Waals surface area contributed by atoms with Crippen molar-refractivity contribution in [3.05, 3.63) is 27.7 Å². The lowest BCUT2D eigenvalue weighted by molar-refractivity contribution is -0.151. The summed E-state index contributed by atoms with van der Waals surface area (Å²) in [7, 11) is 0. The van der Waals surface area contributed by atoms with Crippen LogP contribution in [0, 0.1) is 0 Å². The van der Waals surface area contributed by atoms with E-state index in [2.05, 4.69) is 0 Å². The molecule has 0 aromatic heterocycles. The smallest absolute Gasteiger partial charge is 0.309 e. The van der Waals surface area contributed by atoms with Crippen LogP contribution in [0.2, 0.25) is 10.0 Å². The average molecular weight is 319 g/mol. The van der Waals surface area contributed by atoms with Crippen LogP contribution in [0.25, 0.3) is 0 Å². The Morgan fingerprint density at radius 1 is 1.55 bits per heavy atom. The predicted octanol–water partition coefficient (Wildman–Crippen LogP) is 3.31. The number of carbonyl (C=O) groups is 1. The molecule has 0 saturated heterocycles. The molecule has 0 fully saturated rings. The summed E-state index contributed by atoms with van der Waals surface area (Å²) in [6.45, 7) is 3.80. The summed E-state index contributed by atoms with van der Waals surface area (Å²) in [5.41, 5.74) is -0.883. The maximum absolute atomic E-state index is 11.7. The summed E-state index contributed by atoms with van der Waals surface area (Å²) < 4.78 is 10.6. The van der Waals surface area contributed by atoms with Crippen molar-refractivity contribution < 1.29 is 19.4 Å². The fraction of sp³-hybridized carbons (Fsp3) is 0.500. The van der Waals surface area contributed by atoms with Gasteiger partial charge in [0.1, 0.15) is 16.4 Å². The van der Waals surface area contributed by atoms with Gasteiger partial charge in [-0.25, -0.2) is 0 Å². The Kier molecular flexibility index (Phi) is 4.47. The van der Waals surface area contributed by atoms with E-state index in [0.717, 1.165) is 0 Å². The second kappa shape index (κ2) is 5.80. The molecule has 110 valence electrons. The summed E-state index contributed by atoms with van der Waals surface area (Å²) in [5, 5.41) is 11.4. The Balaban J connectivity index is 2.42. The first-order valence-corrected chi connectivity index (χ1v) is 7.16. The number of aliphatic hydroxyl groups is 1. The van der Waals surface area contributed by atoms with Gasteiger partial charge in [-0.2, -0.15) is 0 Å². The highest BCUT2D eigenvalue weighted by Crippen LogP contribution is 2.47. The Labute approximate surface area is 127 Å². The van der Waals surface area contributed by atoms with Gasteiger partial charge in [-0.3, -0.25) is 4.79 Å². The molecular formula is C14H16Cl2O4. The number of esters is 1. The zero-order valence-corrected chi connectivity index (χ0v) is 12.8. The van der Waals surface area contributed by atoms with Gasteiger partial charge in [-0.05, 0) is 19.9 Å². The molecule has 1 aromatic carbocycles. The normalized spacial score (nSPS) is 24.8. The van der Waals surface area contributed by atoms with E-state index in [-0.39, 0.29) is 30.6 Å². The van der Waals surface area contributed by atoms with Gasteiger partial charge in [0.15, 0.2) is 0 Å². The zero-order valence-electron chi connectivity index (χ0n) is 11.3. The number of halogens is 2. The van der Waals surface area contributed by atoms with Crippen LogP contribution < -0.4 is 4.74 Å². The van der Waals surface area contributed by atoms with Crippen LogP contribution in [-0.2, 0) is 15.1 Å². The van der Waals surface area contributed by atoms with Crippen LogP contribution in [0.3, 0.4) is 0 Å². The van der Waals surface area contributed by atoms with Crippen LogP contribution in [0.15, 0.2) is 12.1 Å². The minimum atomic E-state index is -1.35. The first-order chi connectivity index (χ1) is 9.37. The van der Waals surface area contributed by atoms with Crippen molar-refractivity contribution >= 4 is 29.2 Å². The van der Waals surface area contributed by atoms with Gasteiger partial charge in [0.25, 0.3) is 0 Å². The number of ether oxygens (including phenoxy) is 2. The molecule has 0 radical (unpaired) electrons. The fourth-order valence-corrected chi connectivity index (χ4v) is 2.82. The van der Waals surface area contributed by atoms with Crippen LogP contribution in [0.5, 0.6) is 5.75 Å². The third-order valence-corrected chi connectivity index (χ3v) is 4.02. The second-order valence-electron chi connectivity index (χ2n) is 4.88. The molecule has 2 atom stereocenters. The molecule has 1 heterocycles. The molecule has 0 saturated carbocycles.